The Bertz CT molecular complexity index is 1060. The third-order valence-electron chi connectivity index (χ3n) is 6.03. The molecule has 0 aliphatic carbocycles. The number of nitrogens with one attached hydrogen (secondary N) is 2. The second kappa shape index (κ2) is 12.1. The minimum Gasteiger partial charge on any atom is -0.378 e. The van der Waals surface area contributed by atoms with Crippen LogP contribution in [0.5, 0.6) is 0 Å². The number of likely N-dealkylation sites (tertiary alicyclic amines) is 1. The van der Waals surface area contributed by atoms with Gasteiger partial charge in [-0.15, -0.1) is 0 Å². The normalized spacial score (nSPS) is 16.2. The molecule has 9 heteroatoms. The highest BCUT2D eigenvalue weighted by Crippen LogP contribution is 2.15. The Balaban J connectivity index is 1.26. The average molecular weight is 478 g/mol. The number of anilines is 2. The first kappa shape index (κ1) is 24.4. The summed E-state index contributed by atoms with van der Waals surface area (Å²) in [5, 5.41) is 5.28. The number of carbonyl (C=O) groups is 3. The van der Waals surface area contributed by atoms with Crippen LogP contribution in [0.4, 0.5) is 16.3 Å². The molecule has 9 nitrogen and oxygen atoms in total. The number of morpholine rings is 1. The maximum atomic E-state index is 12.6. The number of ketones is 1. The number of urea groups is 1. The van der Waals surface area contributed by atoms with E-state index in [4.69, 9.17) is 4.74 Å². The summed E-state index contributed by atoms with van der Waals surface area (Å²) in [7, 11) is 0. The van der Waals surface area contributed by atoms with Crippen molar-refractivity contribution in [3.63, 3.8) is 0 Å². The predicted octanol–water partition coefficient (Wildman–Crippen LogP) is 2.95. The Labute approximate surface area is 205 Å². The topological polar surface area (TPSA) is 104 Å². The van der Waals surface area contributed by atoms with Gasteiger partial charge in [-0.05, 0) is 67.8 Å². The third-order valence-corrected chi connectivity index (χ3v) is 6.03. The molecule has 2 saturated heterocycles. The quantitative estimate of drug-likeness (QED) is 0.469. The summed E-state index contributed by atoms with van der Waals surface area (Å²) in [5.41, 5.74) is 1.74. The molecule has 2 aromatic rings. The minimum atomic E-state index is -0.458. The first-order valence-corrected chi connectivity index (χ1v) is 12.0. The molecule has 0 bridgehead atoms. The van der Waals surface area contributed by atoms with Gasteiger partial charge < -0.3 is 25.2 Å². The summed E-state index contributed by atoms with van der Waals surface area (Å²) in [5.74, 6) is 0.637. The molecule has 0 atom stereocenters. The smallest absolute Gasteiger partial charge is 0.319 e. The van der Waals surface area contributed by atoms with Gasteiger partial charge in [-0.2, -0.15) is 0 Å². The number of rotatable bonds is 7. The van der Waals surface area contributed by atoms with Gasteiger partial charge in [0.15, 0.2) is 5.78 Å². The molecular formula is C26H31N5O4. The van der Waals surface area contributed by atoms with E-state index in [1.165, 1.54) is 6.08 Å². The number of ether oxygens (including phenoxy) is 1. The summed E-state index contributed by atoms with van der Waals surface area (Å²) in [6.45, 7) is 4.43. The van der Waals surface area contributed by atoms with E-state index in [0.29, 0.717) is 30.2 Å². The van der Waals surface area contributed by atoms with Crippen molar-refractivity contribution in [2.75, 3.05) is 56.2 Å². The molecule has 1 aromatic carbocycles. The minimum absolute atomic E-state index is 0.0338. The highest BCUT2D eigenvalue weighted by Gasteiger charge is 2.17. The van der Waals surface area contributed by atoms with Crippen LogP contribution >= 0.6 is 0 Å². The van der Waals surface area contributed by atoms with Crippen LogP contribution in [0.3, 0.4) is 0 Å². The van der Waals surface area contributed by atoms with Crippen LogP contribution in [0, 0.1) is 0 Å². The molecule has 0 radical (unpaired) electrons. The Morgan fingerprint density at radius 3 is 2.43 bits per heavy atom. The van der Waals surface area contributed by atoms with Crippen LogP contribution < -0.4 is 15.5 Å². The van der Waals surface area contributed by atoms with Gasteiger partial charge in [0.2, 0.25) is 5.91 Å². The average Bonchev–Trinajstić information content (AvgIpc) is 2.92. The number of hydrogen-bond acceptors (Lipinski definition) is 6. The summed E-state index contributed by atoms with van der Waals surface area (Å²) < 4.78 is 5.38. The monoisotopic (exact) mass is 477 g/mol. The van der Waals surface area contributed by atoms with E-state index in [1.807, 2.05) is 18.2 Å². The molecule has 0 spiro atoms. The lowest BCUT2D eigenvalue weighted by Gasteiger charge is -2.27. The summed E-state index contributed by atoms with van der Waals surface area (Å²) in [4.78, 5) is 45.4. The number of allylic oxidation sites excluding steroid dienone is 1. The first-order valence-electron chi connectivity index (χ1n) is 12.0. The fourth-order valence-corrected chi connectivity index (χ4v) is 4.06. The van der Waals surface area contributed by atoms with Crippen molar-refractivity contribution >= 4 is 35.3 Å². The molecule has 184 valence electrons. The zero-order chi connectivity index (χ0) is 24.5. The fourth-order valence-electron chi connectivity index (χ4n) is 4.06. The Kier molecular flexibility index (Phi) is 8.45. The van der Waals surface area contributed by atoms with Gasteiger partial charge in [-0.25, -0.2) is 9.78 Å². The van der Waals surface area contributed by atoms with Crippen molar-refractivity contribution in [1.82, 2.24) is 15.2 Å². The van der Waals surface area contributed by atoms with Crippen molar-refractivity contribution in [3.8, 4) is 0 Å². The molecule has 3 heterocycles. The molecule has 2 N–H and O–H groups in total. The highest BCUT2D eigenvalue weighted by atomic mass is 16.5. The number of amides is 3. The summed E-state index contributed by atoms with van der Waals surface area (Å²) >= 11 is 0. The SMILES string of the molecule is O=C(NCC(=O)N1CCCCC1)Nc1ccc(C(=O)/C=C/c2cccc(N3CCOCC3)n2)cc1. The first-order chi connectivity index (χ1) is 17.1. The molecule has 2 aliphatic heterocycles. The van der Waals surface area contributed by atoms with Crippen molar-refractivity contribution in [2.45, 2.75) is 19.3 Å². The lowest BCUT2D eigenvalue weighted by Crippen LogP contribution is -2.43. The second-order valence-electron chi connectivity index (χ2n) is 8.54. The van der Waals surface area contributed by atoms with Crippen LogP contribution in [-0.4, -0.2) is 73.5 Å². The van der Waals surface area contributed by atoms with Crippen LogP contribution in [0.25, 0.3) is 6.08 Å². The van der Waals surface area contributed by atoms with Gasteiger partial charge in [-0.3, -0.25) is 9.59 Å². The maximum absolute atomic E-state index is 12.6. The number of aromatic nitrogens is 1. The number of piperidine rings is 1. The molecule has 2 fully saturated rings. The van der Waals surface area contributed by atoms with Crippen molar-refractivity contribution in [1.29, 1.82) is 0 Å². The van der Waals surface area contributed by atoms with E-state index < -0.39 is 6.03 Å². The fraction of sp³-hybridized carbons (Fsp3) is 0.385. The number of pyridine rings is 1. The zero-order valence-electron chi connectivity index (χ0n) is 19.7. The predicted molar refractivity (Wildman–Crippen MR) is 135 cm³/mol. The lowest BCUT2D eigenvalue weighted by atomic mass is 10.1. The van der Waals surface area contributed by atoms with Gasteiger partial charge in [0, 0.05) is 37.4 Å². The van der Waals surface area contributed by atoms with E-state index in [-0.39, 0.29) is 18.2 Å². The van der Waals surface area contributed by atoms with Crippen molar-refractivity contribution in [3.05, 3.63) is 59.8 Å². The van der Waals surface area contributed by atoms with E-state index in [2.05, 4.69) is 20.5 Å². The molecule has 0 unspecified atom stereocenters. The highest BCUT2D eigenvalue weighted by molar-refractivity contribution is 6.07. The van der Waals surface area contributed by atoms with Crippen molar-refractivity contribution in [2.24, 2.45) is 0 Å². The van der Waals surface area contributed by atoms with Gasteiger partial charge in [0.1, 0.15) is 5.82 Å². The Hall–Kier alpha value is -3.72. The zero-order valence-corrected chi connectivity index (χ0v) is 19.7. The summed E-state index contributed by atoms with van der Waals surface area (Å²) in [6.07, 6.45) is 6.36. The van der Waals surface area contributed by atoms with E-state index in [1.54, 1.807) is 35.2 Å². The van der Waals surface area contributed by atoms with E-state index in [9.17, 15) is 14.4 Å². The van der Waals surface area contributed by atoms with Gasteiger partial charge in [-0.1, -0.05) is 6.07 Å². The van der Waals surface area contributed by atoms with Gasteiger partial charge in [0.05, 0.1) is 25.5 Å². The largest absolute Gasteiger partial charge is 0.378 e. The number of nitrogens with zero attached hydrogens (tertiary/aromatic N) is 3. The summed E-state index contributed by atoms with van der Waals surface area (Å²) in [6, 6.07) is 11.9. The molecule has 2 aliphatic rings. The Morgan fingerprint density at radius 1 is 0.943 bits per heavy atom. The van der Waals surface area contributed by atoms with Crippen LogP contribution in [0.2, 0.25) is 0 Å². The molecular weight excluding hydrogens is 446 g/mol. The van der Waals surface area contributed by atoms with Gasteiger partial charge >= 0.3 is 6.03 Å². The van der Waals surface area contributed by atoms with Gasteiger partial charge in [0.25, 0.3) is 0 Å². The molecule has 0 saturated carbocycles. The molecule has 4 rings (SSSR count). The van der Waals surface area contributed by atoms with E-state index >= 15 is 0 Å². The maximum Gasteiger partial charge on any atom is 0.319 e. The second-order valence-corrected chi connectivity index (χ2v) is 8.54. The van der Waals surface area contributed by atoms with Crippen LogP contribution in [-0.2, 0) is 9.53 Å². The Morgan fingerprint density at radius 2 is 1.69 bits per heavy atom. The standard InChI is InChI=1S/C26H31N5O4/c32-23(12-11-21-5-4-6-24(28-21)30-15-17-35-18-16-30)20-7-9-22(10-8-20)29-26(34)27-19-25(33)31-13-2-1-3-14-31/h4-12H,1-3,13-19H2,(H2,27,29,34)/b12-11+. The lowest BCUT2D eigenvalue weighted by molar-refractivity contribution is -0.130. The van der Waals surface area contributed by atoms with E-state index in [0.717, 1.165) is 51.3 Å². The molecule has 3 amide bonds. The number of hydrogen-bond donors (Lipinski definition) is 2. The van der Waals surface area contributed by atoms with Crippen molar-refractivity contribution < 1.29 is 19.1 Å². The third kappa shape index (κ3) is 7.13. The van der Waals surface area contributed by atoms with Crippen LogP contribution in [0.1, 0.15) is 35.3 Å². The van der Waals surface area contributed by atoms with Crippen LogP contribution in [0.15, 0.2) is 48.5 Å². The number of benzene rings is 1. The number of carbonyl (C=O) groups excluding carboxylic acids is 3. The molecule has 1 aromatic heterocycles. The molecule has 35 heavy (non-hydrogen) atoms.